The highest BCUT2D eigenvalue weighted by molar-refractivity contribution is 6.12. The predicted molar refractivity (Wildman–Crippen MR) is 86.2 cm³/mol. The Labute approximate surface area is 136 Å². The molecular formula is C18H22N2O3. The lowest BCUT2D eigenvalue weighted by molar-refractivity contribution is -0.123. The molecule has 1 aromatic rings. The number of ketones is 1. The van der Waals surface area contributed by atoms with Crippen molar-refractivity contribution in [2.45, 2.75) is 45.1 Å². The van der Waals surface area contributed by atoms with Gasteiger partial charge >= 0.3 is 0 Å². The normalized spacial score (nSPS) is 16.2. The summed E-state index contributed by atoms with van der Waals surface area (Å²) in [4.78, 5) is 24.8. The number of aryl methyl sites for hydroxylation is 1. The van der Waals surface area contributed by atoms with Crippen molar-refractivity contribution in [2.75, 3.05) is 7.11 Å². The second kappa shape index (κ2) is 7.77. The molecule has 1 fully saturated rings. The third-order valence-corrected chi connectivity index (χ3v) is 4.30. The molecule has 0 bridgehead atoms. The Hall–Kier alpha value is -2.35. The van der Waals surface area contributed by atoms with Gasteiger partial charge in [0.2, 0.25) is 5.91 Å². The molecule has 0 radical (unpaired) electrons. The Morgan fingerprint density at radius 3 is 2.61 bits per heavy atom. The number of nitrogens with one attached hydrogen (secondary N) is 1. The number of amides is 1. The van der Waals surface area contributed by atoms with E-state index in [0.717, 1.165) is 31.2 Å². The Balaban J connectivity index is 2.11. The van der Waals surface area contributed by atoms with Gasteiger partial charge in [-0.3, -0.25) is 9.59 Å². The molecule has 0 heterocycles. The first-order valence-corrected chi connectivity index (χ1v) is 7.95. The molecule has 1 aromatic carbocycles. The lowest BCUT2D eigenvalue weighted by Gasteiger charge is -2.23. The zero-order chi connectivity index (χ0) is 16.8. The summed E-state index contributed by atoms with van der Waals surface area (Å²) in [5.41, 5.74) is 1.21. The average Bonchev–Trinajstić information content (AvgIpc) is 2.56. The van der Waals surface area contributed by atoms with Gasteiger partial charge in [-0.05, 0) is 31.4 Å². The summed E-state index contributed by atoms with van der Waals surface area (Å²) >= 11 is 0. The standard InChI is InChI=1S/C18H22N2O3/c1-12-8-9-13(10-16(12)23-2)17(21)15(11-19)18(22)20-14-6-4-3-5-7-14/h8-10,14-15H,3-7H2,1-2H3,(H,20,22). The molecule has 5 heteroatoms. The van der Waals surface area contributed by atoms with Gasteiger partial charge in [0.1, 0.15) is 5.75 Å². The van der Waals surface area contributed by atoms with E-state index in [2.05, 4.69) is 5.32 Å². The highest BCUT2D eigenvalue weighted by atomic mass is 16.5. The predicted octanol–water partition coefficient (Wildman–Crippen LogP) is 2.78. The summed E-state index contributed by atoms with van der Waals surface area (Å²) in [7, 11) is 1.52. The molecular weight excluding hydrogens is 292 g/mol. The summed E-state index contributed by atoms with van der Waals surface area (Å²) in [6, 6.07) is 6.87. The molecule has 1 aliphatic rings. The SMILES string of the molecule is COc1cc(C(=O)C(C#N)C(=O)NC2CCCCC2)ccc1C. The molecule has 0 aromatic heterocycles. The number of hydrogen-bond donors (Lipinski definition) is 1. The molecule has 1 saturated carbocycles. The molecule has 1 aliphatic carbocycles. The van der Waals surface area contributed by atoms with Crippen LogP contribution in [0.4, 0.5) is 0 Å². The van der Waals surface area contributed by atoms with Crippen LogP contribution in [-0.4, -0.2) is 24.8 Å². The van der Waals surface area contributed by atoms with E-state index in [1.165, 1.54) is 13.5 Å². The van der Waals surface area contributed by atoms with Gasteiger partial charge in [-0.1, -0.05) is 31.4 Å². The van der Waals surface area contributed by atoms with Gasteiger partial charge in [-0.25, -0.2) is 0 Å². The van der Waals surface area contributed by atoms with Crippen molar-refractivity contribution in [3.8, 4) is 11.8 Å². The smallest absolute Gasteiger partial charge is 0.245 e. The molecule has 23 heavy (non-hydrogen) atoms. The van der Waals surface area contributed by atoms with Crippen LogP contribution in [0.15, 0.2) is 18.2 Å². The van der Waals surface area contributed by atoms with Crippen LogP contribution in [-0.2, 0) is 4.79 Å². The van der Waals surface area contributed by atoms with Crippen molar-refractivity contribution in [2.24, 2.45) is 5.92 Å². The van der Waals surface area contributed by atoms with Crippen molar-refractivity contribution < 1.29 is 14.3 Å². The van der Waals surface area contributed by atoms with Gasteiger partial charge in [0, 0.05) is 11.6 Å². The molecule has 122 valence electrons. The molecule has 0 saturated heterocycles. The quantitative estimate of drug-likeness (QED) is 0.669. The van der Waals surface area contributed by atoms with E-state index >= 15 is 0 Å². The Kier molecular flexibility index (Phi) is 5.75. The van der Waals surface area contributed by atoms with E-state index in [9.17, 15) is 14.9 Å². The first-order valence-electron chi connectivity index (χ1n) is 7.95. The van der Waals surface area contributed by atoms with Gasteiger partial charge in [0.15, 0.2) is 11.7 Å². The lowest BCUT2D eigenvalue weighted by Crippen LogP contribution is -2.42. The zero-order valence-electron chi connectivity index (χ0n) is 13.6. The lowest BCUT2D eigenvalue weighted by atomic mass is 9.93. The largest absolute Gasteiger partial charge is 0.496 e. The summed E-state index contributed by atoms with van der Waals surface area (Å²) in [5.74, 6) is -1.73. The number of benzene rings is 1. The van der Waals surface area contributed by atoms with E-state index in [-0.39, 0.29) is 6.04 Å². The van der Waals surface area contributed by atoms with Gasteiger partial charge in [-0.15, -0.1) is 0 Å². The number of carbonyl (C=O) groups is 2. The Morgan fingerprint density at radius 2 is 2.00 bits per heavy atom. The summed E-state index contributed by atoms with van der Waals surface area (Å²) in [6.45, 7) is 1.87. The molecule has 1 unspecified atom stereocenters. The Bertz CT molecular complexity index is 628. The fraction of sp³-hybridized carbons (Fsp3) is 0.500. The maximum Gasteiger partial charge on any atom is 0.245 e. The number of hydrogen-bond acceptors (Lipinski definition) is 4. The van der Waals surface area contributed by atoms with Gasteiger partial charge < -0.3 is 10.1 Å². The van der Waals surface area contributed by atoms with Crippen LogP contribution in [0.1, 0.15) is 48.0 Å². The monoisotopic (exact) mass is 314 g/mol. The number of nitriles is 1. The number of methoxy groups -OCH3 is 1. The van der Waals surface area contributed by atoms with Crippen LogP contribution < -0.4 is 10.1 Å². The van der Waals surface area contributed by atoms with Crippen LogP contribution in [0, 0.1) is 24.2 Å². The number of Topliss-reactive ketones (excluding diaryl/α,β-unsaturated/α-hetero) is 1. The van der Waals surface area contributed by atoms with Crippen molar-refractivity contribution in [3.63, 3.8) is 0 Å². The van der Waals surface area contributed by atoms with E-state index in [1.807, 2.05) is 13.0 Å². The zero-order valence-corrected chi connectivity index (χ0v) is 13.6. The van der Waals surface area contributed by atoms with E-state index in [4.69, 9.17) is 4.74 Å². The molecule has 0 spiro atoms. The van der Waals surface area contributed by atoms with Crippen molar-refractivity contribution in [3.05, 3.63) is 29.3 Å². The number of ether oxygens (including phenoxy) is 1. The molecule has 1 atom stereocenters. The van der Waals surface area contributed by atoms with Gasteiger partial charge in [-0.2, -0.15) is 5.26 Å². The third kappa shape index (κ3) is 4.10. The molecule has 2 rings (SSSR count). The topological polar surface area (TPSA) is 79.2 Å². The van der Waals surface area contributed by atoms with Gasteiger partial charge in [0.05, 0.1) is 13.2 Å². The second-order valence-corrected chi connectivity index (χ2v) is 5.95. The summed E-state index contributed by atoms with van der Waals surface area (Å²) < 4.78 is 5.20. The van der Waals surface area contributed by atoms with Crippen molar-refractivity contribution in [1.82, 2.24) is 5.32 Å². The molecule has 1 amide bonds. The number of carbonyl (C=O) groups excluding carboxylic acids is 2. The highest BCUT2D eigenvalue weighted by Crippen LogP contribution is 2.22. The molecule has 0 aliphatic heterocycles. The van der Waals surface area contributed by atoms with E-state index < -0.39 is 17.6 Å². The van der Waals surface area contributed by atoms with Crippen molar-refractivity contribution in [1.29, 1.82) is 5.26 Å². The minimum Gasteiger partial charge on any atom is -0.496 e. The average molecular weight is 314 g/mol. The first kappa shape index (κ1) is 17.0. The molecule has 1 N–H and O–H groups in total. The minimum atomic E-state index is -1.32. The van der Waals surface area contributed by atoms with Crippen LogP contribution in [0.5, 0.6) is 5.75 Å². The van der Waals surface area contributed by atoms with Gasteiger partial charge in [0.25, 0.3) is 0 Å². The van der Waals surface area contributed by atoms with Crippen LogP contribution in [0.25, 0.3) is 0 Å². The maximum absolute atomic E-state index is 12.5. The van der Waals surface area contributed by atoms with E-state index in [1.54, 1.807) is 18.2 Å². The summed E-state index contributed by atoms with van der Waals surface area (Å²) in [5, 5.41) is 12.1. The van der Waals surface area contributed by atoms with Crippen LogP contribution in [0.2, 0.25) is 0 Å². The highest BCUT2D eigenvalue weighted by Gasteiger charge is 2.29. The summed E-state index contributed by atoms with van der Waals surface area (Å²) in [6.07, 6.45) is 5.15. The fourth-order valence-electron chi connectivity index (χ4n) is 2.91. The Morgan fingerprint density at radius 1 is 1.30 bits per heavy atom. The number of rotatable bonds is 5. The first-order chi connectivity index (χ1) is 11.1. The maximum atomic E-state index is 12.5. The van der Waals surface area contributed by atoms with E-state index in [0.29, 0.717) is 11.3 Å². The number of nitrogens with zero attached hydrogens (tertiary/aromatic N) is 1. The van der Waals surface area contributed by atoms with Crippen LogP contribution in [0.3, 0.4) is 0 Å². The minimum absolute atomic E-state index is 0.0763. The van der Waals surface area contributed by atoms with Crippen molar-refractivity contribution >= 4 is 11.7 Å². The third-order valence-electron chi connectivity index (χ3n) is 4.30. The molecule has 5 nitrogen and oxygen atoms in total. The second-order valence-electron chi connectivity index (χ2n) is 5.95. The fourth-order valence-corrected chi connectivity index (χ4v) is 2.91. The van der Waals surface area contributed by atoms with Crippen LogP contribution >= 0.6 is 0 Å².